The van der Waals surface area contributed by atoms with Crippen molar-refractivity contribution in [3.63, 3.8) is 0 Å². The number of thiophene rings is 1. The van der Waals surface area contributed by atoms with E-state index in [4.69, 9.17) is 0 Å². The van der Waals surface area contributed by atoms with Crippen LogP contribution in [0.3, 0.4) is 0 Å². The number of rotatable bonds is 3. The molecule has 0 radical (unpaired) electrons. The van der Waals surface area contributed by atoms with Crippen molar-refractivity contribution in [3.05, 3.63) is 69.9 Å². The molecular formula is C17H17NS. The molecule has 0 fully saturated rings. The van der Waals surface area contributed by atoms with E-state index in [1.54, 1.807) is 0 Å². The molecule has 3 aromatic rings. The van der Waals surface area contributed by atoms with Crippen LogP contribution in [0.1, 0.15) is 22.0 Å². The van der Waals surface area contributed by atoms with Crippen molar-refractivity contribution in [2.24, 2.45) is 0 Å². The second-order valence-corrected chi connectivity index (χ2v) is 5.74. The topological polar surface area (TPSA) is 12.0 Å². The molecule has 0 saturated heterocycles. The molecule has 0 aliphatic heterocycles. The minimum absolute atomic E-state index is 0.282. The van der Waals surface area contributed by atoms with Crippen LogP contribution in [0.15, 0.2) is 53.9 Å². The molecule has 0 amide bonds. The van der Waals surface area contributed by atoms with Crippen LogP contribution in [0.5, 0.6) is 0 Å². The van der Waals surface area contributed by atoms with Crippen LogP contribution in [0.2, 0.25) is 0 Å². The Bertz CT molecular complexity index is 699. The van der Waals surface area contributed by atoms with Crippen molar-refractivity contribution in [2.75, 3.05) is 7.05 Å². The first-order valence-electron chi connectivity index (χ1n) is 6.49. The van der Waals surface area contributed by atoms with Gasteiger partial charge < -0.3 is 5.32 Å². The SMILES string of the molecule is CNC(c1ccc2ccccc2c1)c1sccc1C. The molecule has 0 bridgehead atoms. The van der Waals surface area contributed by atoms with E-state index in [9.17, 15) is 0 Å². The zero-order valence-corrected chi connectivity index (χ0v) is 12.0. The highest BCUT2D eigenvalue weighted by molar-refractivity contribution is 7.10. The smallest absolute Gasteiger partial charge is 0.0671 e. The lowest BCUT2D eigenvalue weighted by Crippen LogP contribution is -2.17. The predicted octanol–water partition coefficient (Wildman–Crippen LogP) is 4.52. The molecule has 0 aliphatic rings. The van der Waals surface area contributed by atoms with Crippen LogP contribution >= 0.6 is 11.3 Å². The second kappa shape index (κ2) is 5.16. The van der Waals surface area contributed by atoms with Crippen LogP contribution in [-0.2, 0) is 0 Å². The highest BCUT2D eigenvalue weighted by atomic mass is 32.1. The highest BCUT2D eigenvalue weighted by Crippen LogP contribution is 2.30. The van der Waals surface area contributed by atoms with Gasteiger partial charge >= 0.3 is 0 Å². The van der Waals surface area contributed by atoms with E-state index in [0.717, 1.165) is 0 Å². The van der Waals surface area contributed by atoms with Gasteiger partial charge in [0, 0.05) is 4.88 Å². The number of aryl methyl sites for hydroxylation is 1. The second-order valence-electron chi connectivity index (χ2n) is 4.80. The molecule has 2 aromatic carbocycles. The Morgan fingerprint density at radius 2 is 1.79 bits per heavy atom. The fraction of sp³-hybridized carbons (Fsp3) is 0.176. The Morgan fingerprint density at radius 1 is 1.00 bits per heavy atom. The van der Waals surface area contributed by atoms with Gasteiger partial charge in [0.25, 0.3) is 0 Å². The zero-order valence-electron chi connectivity index (χ0n) is 11.2. The van der Waals surface area contributed by atoms with Crippen LogP contribution < -0.4 is 5.32 Å². The zero-order chi connectivity index (χ0) is 13.2. The Balaban J connectivity index is 2.09. The molecule has 1 nitrogen and oxygen atoms in total. The lowest BCUT2D eigenvalue weighted by Gasteiger charge is -2.17. The monoisotopic (exact) mass is 267 g/mol. The first-order chi connectivity index (χ1) is 9.29. The van der Waals surface area contributed by atoms with E-state index >= 15 is 0 Å². The summed E-state index contributed by atoms with van der Waals surface area (Å²) in [5.74, 6) is 0. The Morgan fingerprint density at radius 3 is 2.47 bits per heavy atom. The quantitative estimate of drug-likeness (QED) is 0.735. The lowest BCUT2D eigenvalue weighted by atomic mass is 9.99. The molecule has 0 saturated carbocycles. The molecule has 19 heavy (non-hydrogen) atoms. The van der Waals surface area contributed by atoms with Gasteiger partial charge in [-0.25, -0.2) is 0 Å². The van der Waals surface area contributed by atoms with Gasteiger partial charge in [-0.15, -0.1) is 11.3 Å². The van der Waals surface area contributed by atoms with Crippen molar-refractivity contribution in [1.82, 2.24) is 5.32 Å². The van der Waals surface area contributed by atoms with E-state index in [1.807, 2.05) is 18.4 Å². The Labute approximate surface area is 117 Å². The third-order valence-corrected chi connectivity index (χ3v) is 4.64. The van der Waals surface area contributed by atoms with E-state index < -0.39 is 0 Å². The van der Waals surface area contributed by atoms with Gasteiger partial charge in [-0.2, -0.15) is 0 Å². The fourth-order valence-electron chi connectivity index (χ4n) is 2.52. The third-order valence-electron chi connectivity index (χ3n) is 3.56. The standard InChI is InChI=1S/C17H17NS/c1-12-9-10-19-17(12)16(18-2)15-8-7-13-5-3-4-6-14(13)11-15/h3-11,16,18H,1-2H3. The Hall–Kier alpha value is -1.64. The molecule has 2 heteroatoms. The van der Waals surface area contributed by atoms with Crippen molar-refractivity contribution in [1.29, 1.82) is 0 Å². The predicted molar refractivity (Wildman–Crippen MR) is 83.9 cm³/mol. The maximum absolute atomic E-state index is 3.44. The van der Waals surface area contributed by atoms with E-state index in [0.29, 0.717) is 0 Å². The van der Waals surface area contributed by atoms with Crippen LogP contribution in [0.4, 0.5) is 0 Å². The molecule has 96 valence electrons. The molecule has 1 aromatic heterocycles. The molecule has 1 heterocycles. The molecule has 1 N–H and O–H groups in total. The molecule has 0 aliphatic carbocycles. The first kappa shape index (κ1) is 12.4. The average Bonchev–Trinajstić information content (AvgIpc) is 2.86. The van der Waals surface area contributed by atoms with Crippen LogP contribution in [0.25, 0.3) is 10.8 Å². The van der Waals surface area contributed by atoms with Crippen molar-refractivity contribution in [3.8, 4) is 0 Å². The van der Waals surface area contributed by atoms with Gasteiger partial charge in [0.2, 0.25) is 0 Å². The highest BCUT2D eigenvalue weighted by Gasteiger charge is 2.15. The average molecular weight is 267 g/mol. The van der Waals surface area contributed by atoms with E-state index in [-0.39, 0.29) is 6.04 Å². The normalized spacial score (nSPS) is 12.7. The van der Waals surface area contributed by atoms with Gasteiger partial charge in [-0.1, -0.05) is 36.4 Å². The molecular weight excluding hydrogens is 250 g/mol. The number of benzene rings is 2. The summed E-state index contributed by atoms with van der Waals surface area (Å²) < 4.78 is 0. The summed E-state index contributed by atoms with van der Waals surface area (Å²) >= 11 is 1.82. The van der Waals surface area contributed by atoms with E-state index in [2.05, 4.69) is 66.2 Å². The molecule has 1 atom stereocenters. The molecule has 0 spiro atoms. The summed E-state index contributed by atoms with van der Waals surface area (Å²) in [6.07, 6.45) is 0. The summed E-state index contributed by atoms with van der Waals surface area (Å²) in [6.45, 7) is 2.18. The number of hydrogen-bond acceptors (Lipinski definition) is 2. The van der Waals surface area contributed by atoms with Crippen molar-refractivity contribution in [2.45, 2.75) is 13.0 Å². The van der Waals surface area contributed by atoms with Crippen molar-refractivity contribution >= 4 is 22.1 Å². The number of hydrogen-bond donors (Lipinski definition) is 1. The number of nitrogens with one attached hydrogen (secondary N) is 1. The van der Waals surface area contributed by atoms with Crippen LogP contribution in [0, 0.1) is 6.92 Å². The minimum atomic E-state index is 0.282. The maximum atomic E-state index is 3.44. The number of fused-ring (bicyclic) bond motifs is 1. The molecule has 3 rings (SSSR count). The van der Waals surface area contributed by atoms with Gasteiger partial charge in [0.05, 0.1) is 6.04 Å². The lowest BCUT2D eigenvalue weighted by molar-refractivity contribution is 0.701. The largest absolute Gasteiger partial charge is 0.309 e. The third kappa shape index (κ3) is 2.29. The first-order valence-corrected chi connectivity index (χ1v) is 7.37. The van der Waals surface area contributed by atoms with Gasteiger partial charge in [-0.3, -0.25) is 0 Å². The van der Waals surface area contributed by atoms with Gasteiger partial charge in [0.1, 0.15) is 0 Å². The van der Waals surface area contributed by atoms with Crippen LogP contribution in [-0.4, -0.2) is 7.05 Å². The molecule has 1 unspecified atom stereocenters. The van der Waals surface area contributed by atoms with Gasteiger partial charge in [-0.05, 0) is 53.4 Å². The summed E-state index contributed by atoms with van der Waals surface area (Å²) in [4.78, 5) is 1.40. The summed E-state index contributed by atoms with van der Waals surface area (Å²) in [7, 11) is 2.03. The Kier molecular flexibility index (Phi) is 3.36. The van der Waals surface area contributed by atoms with E-state index in [1.165, 1.54) is 26.8 Å². The van der Waals surface area contributed by atoms with Gasteiger partial charge in [0.15, 0.2) is 0 Å². The minimum Gasteiger partial charge on any atom is -0.309 e. The maximum Gasteiger partial charge on any atom is 0.0671 e. The fourth-order valence-corrected chi connectivity index (χ4v) is 3.58. The van der Waals surface area contributed by atoms with Crippen molar-refractivity contribution < 1.29 is 0 Å². The summed E-state index contributed by atoms with van der Waals surface area (Å²) in [6, 6.07) is 17.7. The summed E-state index contributed by atoms with van der Waals surface area (Å²) in [5, 5.41) is 8.20. The summed E-state index contributed by atoms with van der Waals surface area (Å²) in [5.41, 5.74) is 2.68.